The maximum atomic E-state index is 12.4. The van der Waals surface area contributed by atoms with Gasteiger partial charge < -0.3 is 19.9 Å². The number of piperazine rings is 1. The minimum absolute atomic E-state index is 0. The van der Waals surface area contributed by atoms with Gasteiger partial charge in [-0.25, -0.2) is 0 Å². The van der Waals surface area contributed by atoms with E-state index in [9.17, 15) is 4.79 Å². The van der Waals surface area contributed by atoms with Gasteiger partial charge in [-0.1, -0.05) is 24.3 Å². The lowest BCUT2D eigenvalue weighted by atomic mass is 10.1. The highest BCUT2D eigenvalue weighted by Gasteiger charge is 2.38. The van der Waals surface area contributed by atoms with Crippen LogP contribution in [0.4, 0.5) is 0 Å². The number of hydrogen-bond acceptors (Lipinski definition) is 5. The second kappa shape index (κ2) is 12.1. The van der Waals surface area contributed by atoms with Crippen LogP contribution in [-0.2, 0) is 11.4 Å². The number of nitrogens with zero attached hydrogens (tertiary/aromatic N) is 3. The molecule has 172 valence electrons. The number of nitriles is 1. The van der Waals surface area contributed by atoms with Crippen molar-refractivity contribution in [2.75, 3.05) is 39.8 Å². The molecule has 0 bridgehead atoms. The van der Waals surface area contributed by atoms with Crippen molar-refractivity contribution >= 4 is 30.7 Å². The van der Waals surface area contributed by atoms with Crippen molar-refractivity contribution in [3.8, 4) is 11.8 Å². The summed E-state index contributed by atoms with van der Waals surface area (Å²) in [4.78, 5) is 16.6. The predicted octanol–water partition coefficient (Wildman–Crippen LogP) is 3.20. The van der Waals surface area contributed by atoms with Crippen LogP contribution in [0.1, 0.15) is 29.0 Å². The number of benzene rings is 2. The lowest BCUT2D eigenvalue weighted by Gasteiger charge is -2.32. The number of amides is 1. The summed E-state index contributed by atoms with van der Waals surface area (Å²) in [5.74, 6) is 1.51. The molecular weight excluding hydrogens is 447 g/mol. The van der Waals surface area contributed by atoms with Crippen molar-refractivity contribution in [1.82, 2.24) is 15.1 Å². The summed E-state index contributed by atoms with van der Waals surface area (Å²) in [6, 6.07) is 18.2. The van der Waals surface area contributed by atoms with E-state index in [1.807, 2.05) is 29.2 Å². The fourth-order valence-corrected chi connectivity index (χ4v) is 3.83. The van der Waals surface area contributed by atoms with Crippen molar-refractivity contribution in [1.29, 1.82) is 5.26 Å². The van der Waals surface area contributed by atoms with Gasteiger partial charge in [-0.2, -0.15) is 5.26 Å². The smallest absolute Gasteiger partial charge is 0.236 e. The number of nitrogens with one attached hydrogen (secondary N) is 1. The Balaban J connectivity index is 0.00000181. The van der Waals surface area contributed by atoms with E-state index in [1.165, 1.54) is 5.56 Å². The number of halogens is 2. The molecule has 0 unspecified atom stereocenters. The average Bonchev–Trinajstić information content (AvgIpc) is 3.57. The van der Waals surface area contributed by atoms with Crippen molar-refractivity contribution in [2.45, 2.75) is 25.0 Å². The van der Waals surface area contributed by atoms with E-state index in [1.54, 1.807) is 12.1 Å². The molecule has 0 aromatic heterocycles. The standard InChI is InChI=1S/C24H28N4O2.2ClH/c1-27-10-12-28(13-11-27)24(29)16-26-23-14-22(23)20-6-8-21(9-7-20)30-17-19-4-2-18(15-25)3-5-19;;/h2-9,22-23,26H,10-14,16-17H2,1H3;2*1H/t22-,23+;;/m0../s1. The largest absolute Gasteiger partial charge is 0.489 e. The topological polar surface area (TPSA) is 68.6 Å². The van der Waals surface area contributed by atoms with Gasteiger partial charge in [-0.15, -0.1) is 24.8 Å². The monoisotopic (exact) mass is 476 g/mol. The Morgan fingerprint density at radius 3 is 2.34 bits per heavy atom. The van der Waals surface area contributed by atoms with Gasteiger partial charge in [0.15, 0.2) is 0 Å². The zero-order chi connectivity index (χ0) is 20.9. The van der Waals surface area contributed by atoms with Gasteiger partial charge in [0.25, 0.3) is 0 Å². The van der Waals surface area contributed by atoms with E-state index in [0.29, 0.717) is 30.7 Å². The van der Waals surface area contributed by atoms with Gasteiger partial charge in [0, 0.05) is 38.1 Å². The minimum Gasteiger partial charge on any atom is -0.489 e. The number of carbonyl (C=O) groups is 1. The highest BCUT2D eigenvalue weighted by atomic mass is 35.5. The molecule has 2 aromatic rings. The molecule has 8 heteroatoms. The highest BCUT2D eigenvalue weighted by molar-refractivity contribution is 5.85. The van der Waals surface area contributed by atoms with Crippen LogP contribution in [0.25, 0.3) is 0 Å². The van der Waals surface area contributed by atoms with E-state index >= 15 is 0 Å². The third kappa shape index (κ3) is 6.85. The molecule has 1 aliphatic heterocycles. The first-order valence-corrected chi connectivity index (χ1v) is 10.5. The summed E-state index contributed by atoms with van der Waals surface area (Å²) >= 11 is 0. The first-order valence-electron chi connectivity index (χ1n) is 10.5. The fraction of sp³-hybridized carbons (Fsp3) is 0.417. The third-order valence-electron chi connectivity index (χ3n) is 5.96. The van der Waals surface area contributed by atoms with Gasteiger partial charge in [0.05, 0.1) is 18.2 Å². The molecule has 1 amide bonds. The fourth-order valence-electron chi connectivity index (χ4n) is 3.83. The van der Waals surface area contributed by atoms with E-state index in [2.05, 4.69) is 35.5 Å². The number of ether oxygens (including phenoxy) is 1. The molecule has 1 aliphatic carbocycles. The summed E-state index contributed by atoms with van der Waals surface area (Å²) < 4.78 is 5.85. The molecule has 0 radical (unpaired) electrons. The van der Waals surface area contributed by atoms with Gasteiger partial charge in [-0.05, 0) is 48.9 Å². The second-order valence-electron chi connectivity index (χ2n) is 8.18. The lowest BCUT2D eigenvalue weighted by molar-refractivity contribution is -0.131. The van der Waals surface area contributed by atoms with Gasteiger partial charge >= 0.3 is 0 Å². The zero-order valence-electron chi connectivity index (χ0n) is 18.2. The van der Waals surface area contributed by atoms with Crippen molar-refractivity contribution in [2.24, 2.45) is 0 Å². The van der Waals surface area contributed by atoms with Gasteiger partial charge in [0.1, 0.15) is 12.4 Å². The van der Waals surface area contributed by atoms with Crippen LogP contribution >= 0.6 is 24.8 Å². The first kappa shape index (κ1) is 26.0. The quantitative estimate of drug-likeness (QED) is 0.664. The molecule has 2 aliphatic rings. The van der Waals surface area contributed by atoms with E-state index in [4.69, 9.17) is 10.00 Å². The van der Waals surface area contributed by atoms with Gasteiger partial charge in [-0.3, -0.25) is 4.79 Å². The van der Waals surface area contributed by atoms with E-state index in [0.717, 1.165) is 43.9 Å². The van der Waals surface area contributed by atoms with Crippen LogP contribution in [0, 0.1) is 11.3 Å². The summed E-state index contributed by atoms with van der Waals surface area (Å²) in [7, 11) is 2.10. The van der Waals surface area contributed by atoms with E-state index in [-0.39, 0.29) is 30.7 Å². The minimum atomic E-state index is 0. The maximum absolute atomic E-state index is 12.4. The van der Waals surface area contributed by atoms with Crippen LogP contribution in [0.5, 0.6) is 5.75 Å². The molecule has 2 fully saturated rings. The van der Waals surface area contributed by atoms with E-state index < -0.39 is 0 Å². The predicted molar refractivity (Wildman–Crippen MR) is 130 cm³/mol. The number of hydrogen-bond donors (Lipinski definition) is 1. The highest BCUT2D eigenvalue weighted by Crippen LogP contribution is 2.41. The lowest BCUT2D eigenvalue weighted by Crippen LogP contribution is -2.49. The molecule has 32 heavy (non-hydrogen) atoms. The van der Waals surface area contributed by atoms with Crippen LogP contribution in [0.2, 0.25) is 0 Å². The summed E-state index contributed by atoms with van der Waals surface area (Å²) in [6.07, 6.45) is 1.07. The second-order valence-corrected chi connectivity index (χ2v) is 8.18. The Hall–Kier alpha value is -2.30. The molecular formula is C24H30Cl2N4O2. The summed E-state index contributed by atoms with van der Waals surface area (Å²) in [5.41, 5.74) is 2.97. The van der Waals surface area contributed by atoms with Crippen LogP contribution < -0.4 is 10.1 Å². The van der Waals surface area contributed by atoms with Crippen molar-refractivity contribution < 1.29 is 9.53 Å². The Bertz CT molecular complexity index is 907. The van der Waals surface area contributed by atoms with Crippen LogP contribution in [0.3, 0.4) is 0 Å². The van der Waals surface area contributed by atoms with Crippen molar-refractivity contribution in [3.63, 3.8) is 0 Å². The normalized spacial score (nSPS) is 19.8. The number of likely N-dealkylation sites (N-methyl/N-ethyl adjacent to an activating group) is 1. The third-order valence-corrected chi connectivity index (χ3v) is 5.96. The number of carbonyl (C=O) groups excluding carboxylic acids is 1. The summed E-state index contributed by atoms with van der Waals surface area (Å²) in [5, 5.41) is 12.3. The molecule has 2 aromatic carbocycles. The Kier molecular flexibility index (Phi) is 9.80. The van der Waals surface area contributed by atoms with Gasteiger partial charge in [0.2, 0.25) is 5.91 Å². The first-order chi connectivity index (χ1) is 14.6. The maximum Gasteiger partial charge on any atom is 0.236 e. The SMILES string of the molecule is CN1CCN(C(=O)CN[C@@H]2C[C@H]2c2ccc(OCc3ccc(C#N)cc3)cc2)CC1.Cl.Cl. The Morgan fingerprint density at radius 2 is 1.72 bits per heavy atom. The average molecular weight is 477 g/mol. The Labute approximate surface area is 202 Å². The zero-order valence-corrected chi connectivity index (χ0v) is 19.8. The molecule has 4 rings (SSSR count). The van der Waals surface area contributed by atoms with Crippen molar-refractivity contribution in [3.05, 3.63) is 65.2 Å². The molecule has 1 saturated carbocycles. The molecule has 2 atom stereocenters. The molecule has 0 spiro atoms. The van der Waals surface area contributed by atoms with Crippen LogP contribution in [-0.4, -0.2) is 61.5 Å². The molecule has 1 saturated heterocycles. The van der Waals surface area contributed by atoms with Crippen LogP contribution in [0.15, 0.2) is 48.5 Å². The molecule has 6 nitrogen and oxygen atoms in total. The Morgan fingerprint density at radius 1 is 1.06 bits per heavy atom. The molecule has 1 heterocycles. The molecule has 1 N–H and O–H groups in total. The number of rotatable bonds is 7. The summed E-state index contributed by atoms with van der Waals surface area (Å²) in [6.45, 7) is 4.47.